The number of aromatic nitrogens is 3. The fourth-order valence-corrected chi connectivity index (χ4v) is 3.73. The first-order valence-electron chi connectivity index (χ1n) is 8.96. The predicted molar refractivity (Wildman–Crippen MR) is 102 cm³/mol. The van der Waals surface area contributed by atoms with Crippen LogP contribution in [0.1, 0.15) is 30.0 Å². The molecule has 1 aliphatic carbocycles. The van der Waals surface area contributed by atoms with Gasteiger partial charge in [0.2, 0.25) is 5.91 Å². The minimum atomic E-state index is 0.0865. The molecule has 0 atom stereocenters. The maximum atomic E-state index is 12.5. The number of anilines is 1. The Balaban J connectivity index is 1.35. The van der Waals surface area contributed by atoms with Gasteiger partial charge in [0.25, 0.3) is 0 Å². The van der Waals surface area contributed by atoms with Gasteiger partial charge in [0.15, 0.2) is 0 Å². The molecule has 26 heavy (non-hydrogen) atoms. The first-order chi connectivity index (χ1) is 12.6. The van der Waals surface area contributed by atoms with Crippen LogP contribution in [-0.4, -0.2) is 33.5 Å². The summed E-state index contributed by atoms with van der Waals surface area (Å²) in [6.45, 7) is 0. The summed E-state index contributed by atoms with van der Waals surface area (Å²) >= 11 is 0. The lowest BCUT2D eigenvalue weighted by Gasteiger charge is -2.35. The zero-order valence-electron chi connectivity index (χ0n) is 15.1. The first kappa shape index (κ1) is 16.6. The second-order valence-corrected chi connectivity index (χ2v) is 6.97. The van der Waals surface area contributed by atoms with Gasteiger partial charge >= 0.3 is 0 Å². The smallest absolute Gasteiger partial charge is 0.224 e. The van der Waals surface area contributed by atoms with Crippen molar-refractivity contribution >= 4 is 22.6 Å². The predicted octanol–water partition coefficient (Wildman–Crippen LogP) is 2.61. The molecule has 0 saturated heterocycles. The Morgan fingerprint density at radius 1 is 1.27 bits per heavy atom. The van der Waals surface area contributed by atoms with Crippen LogP contribution >= 0.6 is 0 Å². The van der Waals surface area contributed by atoms with Crippen LogP contribution < -0.4 is 10.6 Å². The van der Waals surface area contributed by atoms with Crippen molar-refractivity contribution in [2.24, 2.45) is 7.05 Å². The Kier molecular flexibility index (Phi) is 4.32. The van der Waals surface area contributed by atoms with Crippen LogP contribution in [0.5, 0.6) is 0 Å². The molecule has 2 heterocycles. The van der Waals surface area contributed by atoms with E-state index >= 15 is 0 Å². The number of nitrogens with zero attached hydrogens (tertiary/aromatic N) is 3. The number of hydrogen-bond donors (Lipinski definition) is 2. The Morgan fingerprint density at radius 3 is 2.88 bits per heavy atom. The zero-order chi connectivity index (χ0) is 18.1. The van der Waals surface area contributed by atoms with Crippen molar-refractivity contribution in [3.8, 4) is 0 Å². The van der Waals surface area contributed by atoms with Crippen LogP contribution in [-0.2, 0) is 18.3 Å². The molecule has 0 radical (unpaired) electrons. The molecule has 0 unspecified atom stereocenters. The number of nitrogens with one attached hydrogen (secondary N) is 2. The summed E-state index contributed by atoms with van der Waals surface area (Å²) in [5, 5.41) is 7.34. The van der Waals surface area contributed by atoms with Gasteiger partial charge in [-0.2, -0.15) is 0 Å². The summed E-state index contributed by atoms with van der Waals surface area (Å²) in [4.78, 5) is 21.0. The maximum Gasteiger partial charge on any atom is 0.224 e. The number of benzene rings is 1. The van der Waals surface area contributed by atoms with E-state index in [1.165, 1.54) is 0 Å². The van der Waals surface area contributed by atoms with Gasteiger partial charge in [0.1, 0.15) is 12.1 Å². The van der Waals surface area contributed by atoms with E-state index in [9.17, 15) is 4.79 Å². The van der Waals surface area contributed by atoms with Gasteiger partial charge < -0.3 is 15.2 Å². The van der Waals surface area contributed by atoms with Crippen molar-refractivity contribution < 1.29 is 4.79 Å². The molecule has 1 amide bonds. The van der Waals surface area contributed by atoms with Crippen LogP contribution in [0.3, 0.4) is 0 Å². The fourth-order valence-electron chi connectivity index (χ4n) is 3.73. The highest BCUT2D eigenvalue weighted by molar-refractivity contribution is 5.89. The van der Waals surface area contributed by atoms with Crippen molar-refractivity contribution in [1.29, 1.82) is 0 Å². The van der Waals surface area contributed by atoms with Gasteiger partial charge in [0.05, 0.1) is 6.42 Å². The number of amides is 1. The topological polar surface area (TPSA) is 71.8 Å². The molecular weight excluding hydrogens is 326 g/mol. The molecule has 2 N–H and O–H groups in total. The Hall–Kier alpha value is -2.89. The standard InChI is InChI=1S/C20H23N5O/c1-21-19-10-17(22-12-23-19)13-7-15(8-13)24-20(26)9-14-11-25(2)18-6-4-3-5-16(14)18/h3-6,10-13,15H,7-9H2,1-2H3,(H,24,26)(H,21,22,23). The molecule has 6 nitrogen and oxygen atoms in total. The molecule has 134 valence electrons. The summed E-state index contributed by atoms with van der Waals surface area (Å²) in [5.41, 5.74) is 3.28. The molecule has 2 aromatic heterocycles. The lowest BCUT2D eigenvalue weighted by Crippen LogP contribution is -2.44. The Bertz CT molecular complexity index is 942. The summed E-state index contributed by atoms with van der Waals surface area (Å²) in [5.74, 6) is 1.31. The normalized spacial score (nSPS) is 19.2. The van der Waals surface area contributed by atoms with Crippen LogP contribution in [0.2, 0.25) is 0 Å². The second-order valence-electron chi connectivity index (χ2n) is 6.97. The van der Waals surface area contributed by atoms with Crippen molar-refractivity contribution in [3.63, 3.8) is 0 Å². The number of rotatable bonds is 5. The summed E-state index contributed by atoms with van der Waals surface area (Å²) in [6.07, 6.45) is 5.92. The minimum Gasteiger partial charge on any atom is -0.373 e. The molecule has 1 aliphatic rings. The van der Waals surface area contributed by atoms with E-state index in [4.69, 9.17) is 0 Å². The molecule has 0 bridgehead atoms. The van der Waals surface area contributed by atoms with Crippen molar-refractivity contribution in [2.75, 3.05) is 12.4 Å². The lowest BCUT2D eigenvalue weighted by molar-refractivity contribution is -0.121. The quantitative estimate of drug-likeness (QED) is 0.743. The Labute approximate surface area is 152 Å². The number of aryl methyl sites for hydroxylation is 1. The average molecular weight is 349 g/mol. The van der Waals surface area contributed by atoms with Crippen molar-refractivity contribution in [2.45, 2.75) is 31.2 Å². The largest absolute Gasteiger partial charge is 0.373 e. The van der Waals surface area contributed by atoms with Crippen LogP contribution in [0.25, 0.3) is 10.9 Å². The van der Waals surface area contributed by atoms with Crippen molar-refractivity contribution in [1.82, 2.24) is 19.9 Å². The van der Waals surface area contributed by atoms with E-state index in [0.717, 1.165) is 40.8 Å². The monoisotopic (exact) mass is 349 g/mol. The highest BCUT2D eigenvalue weighted by Gasteiger charge is 2.32. The molecule has 0 aliphatic heterocycles. The molecule has 1 saturated carbocycles. The maximum absolute atomic E-state index is 12.5. The molecule has 0 spiro atoms. The van der Waals surface area contributed by atoms with Gasteiger partial charge in [-0.1, -0.05) is 18.2 Å². The van der Waals surface area contributed by atoms with E-state index in [0.29, 0.717) is 12.3 Å². The average Bonchev–Trinajstić information content (AvgIpc) is 2.94. The van der Waals surface area contributed by atoms with Crippen LogP contribution in [0.15, 0.2) is 42.9 Å². The van der Waals surface area contributed by atoms with Crippen LogP contribution in [0, 0.1) is 0 Å². The summed E-state index contributed by atoms with van der Waals surface area (Å²) in [6, 6.07) is 10.4. The molecule has 6 heteroatoms. The zero-order valence-corrected chi connectivity index (χ0v) is 15.1. The van der Waals surface area contributed by atoms with Gasteiger partial charge in [-0.15, -0.1) is 0 Å². The molecule has 3 aromatic rings. The van der Waals surface area contributed by atoms with Gasteiger partial charge in [-0.05, 0) is 24.5 Å². The van der Waals surface area contributed by atoms with E-state index in [2.05, 4.69) is 37.3 Å². The number of carbonyl (C=O) groups excluding carboxylic acids is 1. The third-order valence-electron chi connectivity index (χ3n) is 5.20. The van der Waals surface area contributed by atoms with Crippen LogP contribution in [0.4, 0.5) is 5.82 Å². The van der Waals surface area contributed by atoms with E-state index in [1.807, 2.05) is 38.5 Å². The first-order valence-corrected chi connectivity index (χ1v) is 8.96. The van der Waals surface area contributed by atoms with Gasteiger partial charge in [-0.3, -0.25) is 4.79 Å². The second kappa shape index (κ2) is 6.78. The van der Waals surface area contributed by atoms with E-state index in [1.54, 1.807) is 6.33 Å². The van der Waals surface area contributed by atoms with Crippen molar-refractivity contribution in [3.05, 3.63) is 54.1 Å². The number of hydrogen-bond acceptors (Lipinski definition) is 4. The highest BCUT2D eigenvalue weighted by atomic mass is 16.1. The molecule has 1 aromatic carbocycles. The highest BCUT2D eigenvalue weighted by Crippen LogP contribution is 2.36. The number of carbonyl (C=O) groups is 1. The minimum absolute atomic E-state index is 0.0865. The van der Waals surface area contributed by atoms with E-state index in [-0.39, 0.29) is 11.9 Å². The number of fused-ring (bicyclic) bond motifs is 1. The van der Waals surface area contributed by atoms with E-state index < -0.39 is 0 Å². The fraction of sp³-hybridized carbons (Fsp3) is 0.350. The third-order valence-corrected chi connectivity index (χ3v) is 5.20. The van der Waals surface area contributed by atoms with Gasteiger partial charge in [-0.25, -0.2) is 9.97 Å². The third kappa shape index (κ3) is 3.14. The molecule has 1 fully saturated rings. The molecular formula is C20H23N5O. The Morgan fingerprint density at radius 2 is 2.08 bits per heavy atom. The lowest BCUT2D eigenvalue weighted by atomic mass is 9.78. The summed E-state index contributed by atoms with van der Waals surface area (Å²) < 4.78 is 2.08. The SMILES string of the molecule is CNc1cc(C2CC(NC(=O)Cc3cn(C)c4ccccc34)C2)ncn1. The van der Waals surface area contributed by atoms with Gasteiger partial charge in [0, 0.05) is 54.9 Å². The molecule has 4 rings (SSSR count). The summed E-state index contributed by atoms with van der Waals surface area (Å²) in [7, 11) is 3.87. The number of para-hydroxylation sites is 1.